The summed E-state index contributed by atoms with van der Waals surface area (Å²) in [5.74, 6) is -0.813. The maximum absolute atomic E-state index is 11.8. The Morgan fingerprint density at radius 2 is 1.55 bits per heavy atom. The number of carbonyl (C=O) groups excluding carboxylic acids is 2. The van der Waals surface area contributed by atoms with E-state index in [1.807, 2.05) is 39.0 Å². The van der Waals surface area contributed by atoms with Gasteiger partial charge in [-0.25, -0.2) is 9.59 Å². The zero-order valence-electron chi connectivity index (χ0n) is 18.0. The highest BCUT2D eigenvalue weighted by Gasteiger charge is 2.14. The lowest BCUT2D eigenvalue weighted by atomic mass is 10.1. The minimum absolute atomic E-state index is 0.366. The highest BCUT2D eigenvalue weighted by Crippen LogP contribution is 2.28. The van der Waals surface area contributed by atoms with Gasteiger partial charge < -0.3 is 14.0 Å². The van der Waals surface area contributed by atoms with E-state index in [2.05, 4.69) is 9.56 Å². The number of nitrogens with zero attached hydrogens (tertiary/aromatic N) is 2. The summed E-state index contributed by atoms with van der Waals surface area (Å²) >= 11 is 6.25. The van der Waals surface area contributed by atoms with Crippen LogP contribution in [0.4, 0.5) is 5.69 Å². The minimum atomic E-state index is -0.447. The Balaban J connectivity index is 1.98. The fraction of sp³-hybridized carbons (Fsp3) is 0.208. The molecule has 0 aliphatic heterocycles. The predicted octanol–water partition coefficient (Wildman–Crippen LogP) is 5.38. The van der Waals surface area contributed by atoms with Crippen molar-refractivity contribution in [2.45, 2.75) is 20.8 Å². The Morgan fingerprint density at radius 1 is 0.935 bits per heavy atom. The quantitative estimate of drug-likeness (QED) is 0.396. The van der Waals surface area contributed by atoms with Crippen molar-refractivity contribution in [1.82, 2.24) is 4.57 Å². The minimum Gasteiger partial charge on any atom is -0.465 e. The van der Waals surface area contributed by atoms with E-state index in [9.17, 15) is 9.59 Å². The summed E-state index contributed by atoms with van der Waals surface area (Å²) in [4.78, 5) is 28.1. The van der Waals surface area contributed by atoms with Crippen molar-refractivity contribution in [3.8, 4) is 5.69 Å². The molecule has 0 saturated heterocycles. The van der Waals surface area contributed by atoms with Crippen LogP contribution in [0.15, 0.2) is 47.5 Å². The van der Waals surface area contributed by atoms with Gasteiger partial charge in [-0.3, -0.25) is 4.99 Å². The summed E-state index contributed by atoms with van der Waals surface area (Å²) in [6, 6.07) is 12.3. The van der Waals surface area contributed by atoms with Gasteiger partial charge in [0.15, 0.2) is 0 Å². The van der Waals surface area contributed by atoms with Crippen LogP contribution in [0, 0.1) is 20.8 Å². The molecule has 6 nitrogen and oxygen atoms in total. The Bertz CT molecular complexity index is 1190. The van der Waals surface area contributed by atoms with Crippen LogP contribution >= 0.6 is 11.6 Å². The van der Waals surface area contributed by atoms with Gasteiger partial charge in [0.05, 0.1) is 36.1 Å². The number of hydrogen-bond acceptors (Lipinski definition) is 5. The van der Waals surface area contributed by atoms with Crippen molar-refractivity contribution in [3.05, 3.63) is 81.1 Å². The molecule has 0 bridgehead atoms. The fourth-order valence-corrected chi connectivity index (χ4v) is 3.60. The number of rotatable bonds is 5. The smallest absolute Gasteiger partial charge is 0.337 e. The molecule has 0 atom stereocenters. The van der Waals surface area contributed by atoms with E-state index in [-0.39, 0.29) is 5.97 Å². The van der Waals surface area contributed by atoms with Gasteiger partial charge in [-0.15, -0.1) is 0 Å². The molecule has 7 heteroatoms. The van der Waals surface area contributed by atoms with Crippen molar-refractivity contribution < 1.29 is 19.1 Å². The molecule has 0 aliphatic rings. The Labute approximate surface area is 186 Å². The summed E-state index contributed by atoms with van der Waals surface area (Å²) in [6.07, 6.45) is 1.72. The zero-order valence-corrected chi connectivity index (χ0v) is 18.8. The number of esters is 2. The largest absolute Gasteiger partial charge is 0.465 e. The molecular formula is C24H23ClN2O4. The van der Waals surface area contributed by atoms with E-state index in [1.54, 1.807) is 30.5 Å². The van der Waals surface area contributed by atoms with Gasteiger partial charge in [0, 0.05) is 28.9 Å². The van der Waals surface area contributed by atoms with Gasteiger partial charge in [-0.1, -0.05) is 11.6 Å². The molecule has 0 spiro atoms. The van der Waals surface area contributed by atoms with Gasteiger partial charge in [-0.05, 0) is 68.8 Å². The van der Waals surface area contributed by atoms with Crippen molar-refractivity contribution in [2.24, 2.45) is 4.99 Å². The van der Waals surface area contributed by atoms with Gasteiger partial charge in [-0.2, -0.15) is 0 Å². The lowest BCUT2D eigenvalue weighted by Gasteiger charge is -2.13. The second-order valence-corrected chi connectivity index (χ2v) is 7.48. The first-order chi connectivity index (χ1) is 14.8. The third-order valence-electron chi connectivity index (χ3n) is 5.04. The molecule has 0 aliphatic carbocycles. The molecule has 0 fully saturated rings. The van der Waals surface area contributed by atoms with Crippen molar-refractivity contribution in [2.75, 3.05) is 14.2 Å². The highest BCUT2D eigenvalue weighted by atomic mass is 35.5. The van der Waals surface area contributed by atoms with Crippen LogP contribution in [0.2, 0.25) is 5.02 Å². The lowest BCUT2D eigenvalue weighted by molar-refractivity contribution is 0.0592. The number of hydrogen-bond donors (Lipinski definition) is 0. The molecule has 160 valence electrons. The molecule has 31 heavy (non-hydrogen) atoms. The Morgan fingerprint density at radius 3 is 2.16 bits per heavy atom. The maximum atomic E-state index is 11.8. The SMILES string of the molecule is COC(=O)c1ccc(-n2c(C)cc(C=Nc3cc(C(=O)OC)ccc3Cl)c2C)c(C)c1. The van der Waals surface area contributed by atoms with Crippen molar-refractivity contribution in [3.63, 3.8) is 0 Å². The summed E-state index contributed by atoms with van der Waals surface area (Å²) in [5.41, 5.74) is 6.19. The maximum Gasteiger partial charge on any atom is 0.337 e. The predicted molar refractivity (Wildman–Crippen MR) is 121 cm³/mol. The first kappa shape index (κ1) is 22.3. The number of carbonyl (C=O) groups is 2. The highest BCUT2D eigenvalue weighted by molar-refractivity contribution is 6.33. The van der Waals surface area contributed by atoms with Gasteiger partial charge in [0.25, 0.3) is 0 Å². The monoisotopic (exact) mass is 438 g/mol. The van der Waals surface area contributed by atoms with Crippen LogP contribution in [0.3, 0.4) is 0 Å². The molecule has 0 N–H and O–H groups in total. The fourth-order valence-electron chi connectivity index (χ4n) is 3.44. The number of benzene rings is 2. The third-order valence-corrected chi connectivity index (χ3v) is 5.36. The van der Waals surface area contributed by atoms with Crippen LogP contribution < -0.4 is 0 Å². The van der Waals surface area contributed by atoms with Gasteiger partial charge >= 0.3 is 11.9 Å². The zero-order chi connectivity index (χ0) is 22.7. The van der Waals surface area contributed by atoms with Crippen LogP contribution in [-0.4, -0.2) is 36.9 Å². The molecule has 1 heterocycles. The van der Waals surface area contributed by atoms with Gasteiger partial charge in [0.1, 0.15) is 0 Å². The van der Waals surface area contributed by atoms with Crippen LogP contribution in [0.5, 0.6) is 0 Å². The number of ether oxygens (including phenoxy) is 2. The summed E-state index contributed by atoms with van der Waals surface area (Å²) in [5, 5.41) is 0.437. The standard InChI is InChI=1S/C24H23ClN2O4/c1-14-10-17(23(28)30-4)7-9-22(14)27-15(2)11-19(16(27)3)13-26-21-12-18(24(29)31-5)6-8-20(21)25/h6-13H,1-5H3. The average molecular weight is 439 g/mol. The van der Waals surface area contributed by atoms with Crippen LogP contribution in [-0.2, 0) is 9.47 Å². The molecule has 0 amide bonds. The number of halogens is 1. The van der Waals surface area contributed by atoms with Crippen LogP contribution in [0.1, 0.15) is 43.2 Å². The molecule has 2 aromatic carbocycles. The molecule has 0 unspecified atom stereocenters. The molecule has 0 radical (unpaired) electrons. The number of aliphatic imine (C=N–C) groups is 1. The first-order valence-electron chi connectivity index (χ1n) is 9.57. The Hall–Kier alpha value is -3.38. The van der Waals surface area contributed by atoms with Crippen molar-refractivity contribution in [1.29, 1.82) is 0 Å². The normalized spacial score (nSPS) is 11.0. The average Bonchev–Trinajstić information content (AvgIpc) is 3.05. The first-order valence-corrected chi connectivity index (χ1v) is 9.94. The topological polar surface area (TPSA) is 69.9 Å². The Kier molecular flexibility index (Phi) is 6.61. The van der Waals surface area contributed by atoms with E-state index >= 15 is 0 Å². The van der Waals surface area contributed by atoms with E-state index in [4.69, 9.17) is 21.1 Å². The van der Waals surface area contributed by atoms with Crippen LogP contribution in [0.25, 0.3) is 5.69 Å². The second kappa shape index (κ2) is 9.18. The molecule has 1 aromatic heterocycles. The van der Waals surface area contributed by atoms with Gasteiger partial charge in [0.2, 0.25) is 0 Å². The molecular weight excluding hydrogens is 416 g/mol. The molecule has 3 rings (SSSR count). The summed E-state index contributed by atoms with van der Waals surface area (Å²) < 4.78 is 11.7. The number of methoxy groups -OCH3 is 2. The summed E-state index contributed by atoms with van der Waals surface area (Å²) in [6.45, 7) is 5.95. The lowest BCUT2D eigenvalue weighted by Crippen LogP contribution is -2.06. The second-order valence-electron chi connectivity index (χ2n) is 7.07. The third kappa shape index (κ3) is 4.54. The van der Waals surface area contributed by atoms with E-state index in [0.29, 0.717) is 21.8 Å². The number of aromatic nitrogens is 1. The molecule has 3 aromatic rings. The van der Waals surface area contributed by atoms with E-state index < -0.39 is 5.97 Å². The number of aryl methyl sites for hydroxylation is 2. The molecule has 0 saturated carbocycles. The van der Waals surface area contributed by atoms with E-state index in [1.165, 1.54) is 14.2 Å². The summed E-state index contributed by atoms with van der Waals surface area (Å²) in [7, 11) is 2.69. The van der Waals surface area contributed by atoms with Crippen molar-refractivity contribution >= 4 is 35.4 Å². The van der Waals surface area contributed by atoms with E-state index in [0.717, 1.165) is 28.2 Å².